The first kappa shape index (κ1) is 10.7. The van der Waals surface area contributed by atoms with Gasteiger partial charge in [0.25, 0.3) is 5.91 Å². The molecule has 0 aliphatic rings. The SMILES string of the molecule is NC(=O)COc1cccc2c(Cl)nccc12. The highest BCUT2D eigenvalue weighted by Gasteiger charge is 2.06. The van der Waals surface area contributed by atoms with Crippen molar-refractivity contribution in [2.24, 2.45) is 5.73 Å². The Balaban J connectivity index is 2.45. The summed E-state index contributed by atoms with van der Waals surface area (Å²) in [6.07, 6.45) is 1.59. The van der Waals surface area contributed by atoms with E-state index in [0.717, 1.165) is 10.8 Å². The lowest BCUT2D eigenvalue weighted by atomic mass is 10.1. The third-order valence-corrected chi connectivity index (χ3v) is 2.39. The van der Waals surface area contributed by atoms with Crippen LogP contribution in [0, 0.1) is 0 Å². The minimum absolute atomic E-state index is 0.154. The number of hydrogen-bond donors (Lipinski definition) is 1. The predicted molar refractivity (Wildman–Crippen MR) is 61.4 cm³/mol. The van der Waals surface area contributed by atoms with Gasteiger partial charge in [-0.1, -0.05) is 23.7 Å². The van der Waals surface area contributed by atoms with Crippen LogP contribution in [0.15, 0.2) is 30.5 Å². The Morgan fingerprint density at radius 3 is 2.94 bits per heavy atom. The number of rotatable bonds is 3. The van der Waals surface area contributed by atoms with E-state index < -0.39 is 5.91 Å². The Morgan fingerprint density at radius 1 is 1.38 bits per heavy atom. The molecule has 0 atom stereocenters. The molecule has 0 saturated carbocycles. The molecular weight excluding hydrogens is 228 g/mol. The summed E-state index contributed by atoms with van der Waals surface area (Å²) in [7, 11) is 0. The first-order valence-corrected chi connectivity index (χ1v) is 5.00. The summed E-state index contributed by atoms with van der Waals surface area (Å²) in [4.78, 5) is 14.6. The fourth-order valence-electron chi connectivity index (χ4n) is 1.42. The van der Waals surface area contributed by atoms with Gasteiger partial charge in [-0.15, -0.1) is 0 Å². The monoisotopic (exact) mass is 236 g/mol. The molecule has 5 heteroatoms. The lowest BCUT2D eigenvalue weighted by molar-refractivity contribution is -0.119. The quantitative estimate of drug-likeness (QED) is 0.826. The van der Waals surface area contributed by atoms with Gasteiger partial charge in [-0.05, 0) is 12.1 Å². The number of benzene rings is 1. The second kappa shape index (κ2) is 4.37. The van der Waals surface area contributed by atoms with Gasteiger partial charge in [-0.25, -0.2) is 4.98 Å². The van der Waals surface area contributed by atoms with Crippen LogP contribution in [0.4, 0.5) is 0 Å². The molecule has 1 aromatic heterocycles. The molecular formula is C11H9ClN2O2. The fourth-order valence-corrected chi connectivity index (χ4v) is 1.64. The molecule has 4 nitrogen and oxygen atoms in total. The Labute approximate surface area is 97.0 Å². The summed E-state index contributed by atoms with van der Waals surface area (Å²) in [5, 5.41) is 2.00. The Bertz CT molecular complexity index is 542. The summed E-state index contributed by atoms with van der Waals surface area (Å²) in [6, 6.07) is 7.15. The fraction of sp³-hybridized carbons (Fsp3) is 0.0909. The minimum atomic E-state index is -0.517. The molecule has 16 heavy (non-hydrogen) atoms. The number of ether oxygens (including phenoxy) is 1. The van der Waals surface area contributed by atoms with Crippen LogP contribution in [0.3, 0.4) is 0 Å². The van der Waals surface area contributed by atoms with E-state index in [1.165, 1.54) is 0 Å². The van der Waals surface area contributed by atoms with E-state index in [1.807, 2.05) is 6.07 Å². The number of pyridine rings is 1. The van der Waals surface area contributed by atoms with Crippen LogP contribution >= 0.6 is 11.6 Å². The van der Waals surface area contributed by atoms with Crippen molar-refractivity contribution in [1.29, 1.82) is 0 Å². The Morgan fingerprint density at radius 2 is 2.19 bits per heavy atom. The van der Waals surface area contributed by atoms with E-state index in [1.54, 1.807) is 24.4 Å². The average Bonchev–Trinajstić information content (AvgIpc) is 2.27. The molecule has 2 aromatic rings. The first-order valence-electron chi connectivity index (χ1n) is 4.63. The largest absolute Gasteiger partial charge is 0.483 e. The maximum atomic E-state index is 10.6. The zero-order valence-corrected chi connectivity index (χ0v) is 9.07. The molecule has 2 rings (SSSR count). The zero-order valence-electron chi connectivity index (χ0n) is 8.31. The molecule has 0 unspecified atom stereocenters. The van der Waals surface area contributed by atoms with E-state index in [9.17, 15) is 4.79 Å². The first-order chi connectivity index (χ1) is 7.68. The standard InChI is InChI=1S/C11H9ClN2O2/c12-11-8-2-1-3-9(16-6-10(13)15)7(8)4-5-14-11/h1-5H,6H2,(H2,13,15). The molecule has 1 amide bonds. The van der Waals surface area contributed by atoms with E-state index in [-0.39, 0.29) is 6.61 Å². The molecule has 1 aromatic carbocycles. The summed E-state index contributed by atoms with van der Waals surface area (Å²) >= 11 is 5.93. The lowest BCUT2D eigenvalue weighted by Gasteiger charge is -2.07. The van der Waals surface area contributed by atoms with Crippen molar-refractivity contribution in [2.75, 3.05) is 6.61 Å². The third-order valence-electron chi connectivity index (χ3n) is 2.09. The molecule has 0 aliphatic carbocycles. The van der Waals surface area contributed by atoms with Crippen molar-refractivity contribution in [3.63, 3.8) is 0 Å². The van der Waals surface area contributed by atoms with Gasteiger partial charge in [-0.2, -0.15) is 0 Å². The van der Waals surface area contributed by atoms with Crippen LogP contribution in [-0.2, 0) is 4.79 Å². The van der Waals surface area contributed by atoms with Gasteiger partial charge < -0.3 is 10.5 Å². The number of carbonyl (C=O) groups is 1. The van der Waals surface area contributed by atoms with Gasteiger partial charge in [-0.3, -0.25) is 4.79 Å². The molecule has 82 valence electrons. The Hall–Kier alpha value is -1.81. The second-order valence-electron chi connectivity index (χ2n) is 3.21. The van der Waals surface area contributed by atoms with Crippen molar-refractivity contribution < 1.29 is 9.53 Å². The van der Waals surface area contributed by atoms with E-state index >= 15 is 0 Å². The molecule has 0 fully saturated rings. The maximum Gasteiger partial charge on any atom is 0.255 e. The minimum Gasteiger partial charge on any atom is -0.483 e. The van der Waals surface area contributed by atoms with Crippen molar-refractivity contribution in [2.45, 2.75) is 0 Å². The number of nitrogens with two attached hydrogens (primary N) is 1. The second-order valence-corrected chi connectivity index (χ2v) is 3.57. The molecule has 0 radical (unpaired) electrons. The highest BCUT2D eigenvalue weighted by Crippen LogP contribution is 2.28. The van der Waals surface area contributed by atoms with Crippen molar-refractivity contribution in [3.05, 3.63) is 35.6 Å². The van der Waals surface area contributed by atoms with E-state index in [2.05, 4.69) is 4.98 Å². The summed E-state index contributed by atoms with van der Waals surface area (Å²) in [6.45, 7) is -0.154. The van der Waals surface area contributed by atoms with Crippen LogP contribution in [-0.4, -0.2) is 17.5 Å². The molecule has 0 saturated heterocycles. The summed E-state index contributed by atoms with van der Waals surface area (Å²) in [5.74, 6) is 0.0535. The van der Waals surface area contributed by atoms with Gasteiger partial charge in [0.05, 0.1) is 0 Å². The highest BCUT2D eigenvalue weighted by molar-refractivity contribution is 6.34. The smallest absolute Gasteiger partial charge is 0.255 e. The number of halogens is 1. The number of primary amides is 1. The summed E-state index contributed by atoms with van der Waals surface area (Å²) in [5.41, 5.74) is 5.01. The Kier molecular flexibility index (Phi) is 2.92. The highest BCUT2D eigenvalue weighted by atomic mass is 35.5. The number of nitrogens with zero attached hydrogens (tertiary/aromatic N) is 1. The van der Waals surface area contributed by atoms with Crippen LogP contribution in [0.5, 0.6) is 5.75 Å². The summed E-state index contributed by atoms with van der Waals surface area (Å²) < 4.78 is 5.27. The van der Waals surface area contributed by atoms with Crippen molar-refractivity contribution >= 4 is 28.3 Å². The van der Waals surface area contributed by atoms with Gasteiger partial charge in [0, 0.05) is 17.0 Å². The molecule has 0 spiro atoms. The number of amides is 1. The predicted octanol–water partition coefficient (Wildman–Crippen LogP) is 1.75. The lowest BCUT2D eigenvalue weighted by Crippen LogP contribution is -2.20. The zero-order chi connectivity index (χ0) is 11.5. The molecule has 0 bridgehead atoms. The number of fused-ring (bicyclic) bond motifs is 1. The number of carbonyl (C=O) groups excluding carboxylic acids is 1. The number of aromatic nitrogens is 1. The topological polar surface area (TPSA) is 65.2 Å². The van der Waals surface area contributed by atoms with E-state index in [4.69, 9.17) is 22.1 Å². The van der Waals surface area contributed by atoms with E-state index in [0.29, 0.717) is 10.9 Å². The number of hydrogen-bond acceptors (Lipinski definition) is 3. The van der Waals surface area contributed by atoms with Crippen LogP contribution < -0.4 is 10.5 Å². The van der Waals surface area contributed by atoms with Crippen molar-refractivity contribution in [3.8, 4) is 5.75 Å². The molecule has 1 heterocycles. The molecule has 0 aliphatic heterocycles. The average molecular weight is 237 g/mol. The maximum absolute atomic E-state index is 10.6. The van der Waals surface area contributed by atoms with Gasteiger partial charge in [0.15, 0.2) is 6.61 Å². The van der Waals surface area contributed by atoms with Crippen LogP contribution in [0.2, 0.25) is 5.15 Å². The van der Waals surface area contributed by atoms with Crippen LogP contribution in [0.1, 0.15) is 0 Å². The van der Waals surface area contributed by atoms with Crippen LogP contribution in [0.25, 0.3) is 10.8 Å². The van der Waals surface area contributed by atoms with Gasteiger partial charge in [0.1, 0.15) is 10.9 Å². The van der Waals surface area contributed by atoms with Gasteiger partial charge in [0.2, 0.25) is 0 Å². The molecule has 2 N–H and O–H groups in total. The van der Waals surface area contributed by atoms with Gasteiger partial charge >= 0.3 is 0 Å². The third kappa shape index (κ3) is 2.06. The normalized spacial score (nSPS) is 10.3. The van der Waals surface area contributed by atoms with Crippen molar-refractivity contribution in [1.82, 2.24) is 4.98 Å².